The van der Waals surface area contributed by atoms with Gasteiger partial charge in [-0.15, -0.1) is 0 Å². The van der Waals surface area contributed by atoms with Crippen molar-refractivity contribution in [3.63, 3.8) is 0 Å². The second-order valence-corrected chi connectivity index (χ2v) is 9.11. The number of nitrogens with zero attached hydrogens (tertiary/aromatic N) is 1. The van der Waals surface area contributed by atoms with E-state index < -0.39 is 11.6 Å². The molecule has 0 saturated heterocycles. The number of hydrogen-bond acceptors (Lipinski definition) is 3. The molecular formula is C32H37F2NO2. The molecule has 0 N–H and O–H groups in total. The number of hydrogen-bond donors (Lipinski definition) is 0. The summed E-state index contributed by atoms with van der Waals surface area (Å²) >= 11 is 0. The predicted octanol–water partition coefficient (Wildman–Crippen LogP) is 9.04. The van der Waals surface area contributed by atoms with Crippen LogP contribution in [0.4, 0.5) is 8.78 Å². The van der Waals surface area contributed by atoms with Crippen LogP contribution >= 0.6 is 0 Å². The van der Waals surface area contributed by atoms with Crippen molar-refractivity contribution in [2.45, 2.75) is 58.5 Å². The van der Waals surface area contributed by atoms with Gasteiger partial charge in [-0.2, -0.15) is 0 Å². The number of ether oxygens (including phenoxy) is 2. The predicted molar refractivity (Wildman–Crippen MR) is 149 cm³/mol. The lowest BCUT2D eigenvalue weighted by atomic mass is 10.0. The Labute approximate surface area is 219 Å². The number of unbranched alkanes of at least 4 members (excludes halogenated alkanes) is 3. The summed E-state index contributed by atoms with van der Waals surface area (Å²) in [6.45, 7) is 9.14. The molecule has 3 aromatic rings. The molecule has 196 valence electrons. The van der Waals surface area contributed by atoms with E-state index in [2.05, 4.69) is 25.4 Å². The first-order chi connectivity index (χ1) is 18.0. The molecule has 1 atom stereocenters. The average Bonchev–Trinajstić information content (AvgIpc) is 2.92. The van der Waals surface area contributed by atoms with Crippen molar-refractivity contribution in [2.24, 2.45) is 0 Å². The normalized spacial score (nSPS) is 12.1. The third kappa shape index (κ3) is 8.64. The van der Waals surface area contributed by atoms with E-state index in [-0.39, 0.29) is 17.2 Å². The van der Waals surface area contributed by atoms with Crippen LogP contribution < -0.4 is 4.74 Å². The molecular weight excluding hydrogens is 468 g/mol. The first kappa shape index (κ1) is 28.3. The zero-order valence-corrected chi connectivity index (χ0v) is 21.9. The fourth-order valence-corrected chi connectivity index (χ4v) is 3.97. The van der Waals surface area contributed by atoms with Crippen molar-refractivity contribution in [1.29, 1.82) is 0 Å². The molecule has 0 amide bonds. The van der Waals surface area contributed by atoms with Crippen molar-refractivity contribution in [3.05, 3.63) is 90.7 Å². The van der Waals surface area contributed by atoms with Crippen LogP contribution in [0.1, 0.15) is 57.9 Å². The molecule has 1 aromatic heterocycles. The molecule has 0 fully saturated rings. The molecule has 1 unspecified atom stereocenters. The highest BCUT2D eigenvalue weighted by molar-refractivity contribution is 5.68. The summed E-state index contributed by atoms with van der Waals surface area (Å²) in [5, 5.41) is 0. The minimum absolute atomic E-state index is 0.142. The first-order valence-corrected chi connectivity index (χ1v) is 13.1. The minimum Gasteiger partial charge on any atom is -0.490 e. The molecule has 3 nitrogen and oxygen atoms in total. The van der Waals surface area contributed by atoms with Gasteiger partial charge in [0.2, 0.25) is 0 Å². The van der Waals surface area contributed by atoms with Gasteiger partial charge in [0.1, 0.15) is 12.4 Å². The molecule has 37 heavy (non-hydrogen) atoms. The van der Waals surface area contributed by atoms with E-state index in [1.54, 1.807) is 36.5 Å². The van der Waals surface area contributed by atoms with E-state index in [0.717, 1.165) is 49.2 Å². The van der Waals surface area contributed by atoms with Gasteiger partial charge in [-0.1, -0.05) is 68.8 Å². The lowest BCUT2D eigenvalue weighted by Gasteiger charge is -2.12. The maximum atomic E-state index is 14.9. The molecule has 1 heterocycles. The van der Waals surface area contributed by atoms with Crippen LogP contribution in [0, 0.1) is 11.6 Å². The summed E-state index contributed by atoms with van der Waals surface area (Å²) in [6.07, 6.45) is 13.3. The average molecular weight is 506 g/mol. The summed E-state index contributed by atoms with van der Waals surface area (Å²) < 4.78 is 41.0. The standard InChI is InChI=1S/C32H37F2NO2/c1-4-6-10-22-36-24(3)11-8-7-9-12-26-15-19-29(32(34)31(26)33)30-20-16-27(23-35-30)25-13-17-28(18-14-25)37-21-5-2/h5,9,12-20,23-24H,2,4,6-8,10-11,21-22H2,1,3H3. The van der Waals surface area contributed by atoms with Gasteiger partial charge in [0.15, 0.2) is 11.6 Å². The van der Waals surface area contributed by atoms with Gasteiger partial charge < -0.3 is 9.47 Å². The lowest BCUT2D eigenvalue weighted by molar-refractivity contribution is 0.0566. The van der Waals surface area contributed by atoms with E-state index in [4.69, 9.17) is 9.47 Å². The number of pyridine rings is 1. The molecule has 0 aliphatic heterocycles. The SMILES string of the molecule is C=CCOc1ccc(-c2ccc(-c3ccc(C=CCCCC(C)OCCCCC)c(F)c3F)nc2)cc1. The maximum Gasteiger partial charge on any atom is 0.168 e. The lowest BCUT2D eigenvalue weighted by Crippen LogP contribution is -2.08. The smallest absolute Gasteiger partial charge is 0.168 e. The number of halogens is 2. The van der Waals surface area contributed by atoms with Crippen molar-refractivity contribution in [1.82, 2.24) is 4.98 Å². The van der Waals surface area contributed by atoms with Crippen molar-refractivity contribution >= 4 is 6.08 Å². The number of aromatic nitrogens is 1. The van der Waals surface area contributed by atoms with E-state index >= 15 is 0 Å². The number of rotatable bonds is 15. The van der Waals surface area contributed by atoms with Crippen molar-refractivity contribution < 1.29 is 18.3 Å². The van der Waals surface area contributed by atoms with E-state index in [0.29, 0.717) is 12.3 Å². The molecule has 0 radical (unpaired) electrons. The Hall–Kier alpha value is -3.31. The van der Waals surface area contributed by atoms with Crippen molar-refractivity contribution in [3.8, 4) is 28.1 Å². The highest BCUT2D eigenvalue weighted by Crippen LogP contribution is 2.28. The number of allylic oxidation sites excluding steroid dienone is 1. The molecule has 0 bridgehead atoms. The van der Waals surface area contributed by atoms with Crippen LogP contribution in [-0.2, 0) is 4.74 Å². The fraction of sp³-hybridized carbons (Fsp3) is 0.344. The van der Waals surface area contributed by atoms with Gasteiger partial charge >= 0.3 is 0 Å². The van der Waals surface area contributed by atoms with E-state index in [1.165, 1.54) is 12.8 Å². The second kappa shape index (κ2) is 15.1. The van der Waals surface area contributed by atoms with Gasteiger partial charge in [-0.3, -0.25) is 4.98 Å². The highest BCUT2D eigenvalue weighted by atomic mass is 19.2. The molecule has 5 heteroatoms. The topological polar surface area (TPSA) is 31.4 Å². The van der Waals surface area contributed by atoms with Crippen molar-refractivity contribution in [2.75, 3.05) is 13.2 Å². The molecule has 0 aliphatic rings. The van der Waals surface area contributed by atoms with E-state index in [1.807, 2.05) is 36.4 Å². The van der Waals surface area contributed by atoms with Crippen LogP contribution in [-0.4, -0.2) is 24.3 Å². The minimum atomic E-state index is -0.889. The summed E-state index contributed by atoms with van der Waals surface area (Å²) in [6, 6.07) is 14.3. The molecule has 2 aromatic carbocycles. The zero-order chi connectivity index (χ0) is 26.5. The van der Waals surface area contributed by atoms with Crippen LogP contribution in [0.5, 0.6) is 5.75 Å². The van der Waals surface area contributed by atoms with Crippen LogP contribution in [0.3, 0.4) is 0 Å². The highest BCUT2D eigenvalue weighted by Gasteiger charge is 2.14. The largest absolute Gasteiger partial charge is 0.490 e. The Morgan fingerprint density at radius 1 is 0.946 bits per heavy atom. The van der Waals surface area contributed by atoms with Gasteiger partial charge in [0.05, 0.1) is 11.8 Å². The van der Waals surface area contributed by atoms with Gasteiger partial charge in [-0.05, 0) is 62.4 Å². The van der Waals surface area contributed by atoms with E-state index in [9.17, 15) is 8.78 Å². The summed E-state index contributed by atoms with van der Waals surface area (Å²) in [5.74, 6) is -0.996. The quantitative estimate of drug-likeness (QED) is 0.152. The monoisotopic (exact) mass is 505 g/mol. The zero-order valence-electron chi connectivity index (χ0n) is 21.9. The summed E-state index contributed by atoms with van der Waals surface area (Å²) in [5.41, 5.74) is 2.59. The molecule has 0 aliphatic carbocycles. The third-order valence-corrected chi connectivity index (χ3v) is 6.14. The Morgan fingerprint density at radius 2 is 1.73 bits per heavy atom. The van der Waals surface area contributed by atoms with Crippen LogP contribution in [0.2, 0.25) is 0 Å². The Morgan fingerprint density at radius 3 is 2.43 bits per heavy atom. The molecule has 3 rings (SSSR count). The Bertz CT molecular complexity index is 1140. The molecule has 0 spiro atoms. The Kier molecular flexibility index (Phi) is 11.5. The van der Waals surface area contributed by atoms with Gasteiger partial charge in [0, 0.05) is 29.5 Å². The Balaban J connectivity index is 1.56. The molecule has 0 saturated carbocycles. The van der Waals surface area contributed by atoms with Gasteiger partial charge in [-0.25, -0.2) is 8.78 Å². The van der Waals surface area contributed by atoms with Crippen LogP contribution in [0.15, 0.2) is 73.5 Å². The third-order valence-electron chi connectivity index (χ3n) is 6.14. The fourth-order valence-electron chi connectivity index (χ4n) is 3.97. The summed E-state index contributed by atoms with van der Waals surface area (Å²) in [4.78, 5) is 4.38. The summed E-state index contributed by atoms with van der Waals surface area (Å²) in [7, 11) is 0. The van der Waals surface area contributed by atoms with Crippen LogP contribution in [0.25, 0.3) is 28.5 Å². The number of benzene rings is 2. The maximum absolute atomic E-state index is 14.9. The second-order valence-electron chi connectivity index (χ2n) is 9.11. The van der Waals surface area contributed by atoms with Gasteiger partial charge in [0.25, 0.3) is 0 Å². The first-order valence-electron chi connectivity index (χ1n) is 13.1.